The van der Waals surface area contributed by atoms with E-state index in [-0.39, 0.29) is 17.9 Å². The highest BCUT2D eigenvalue weighted by molar-refractivity contribution is 5.79. The molecule has 2 rings (SSSR count). The smallest absolute Gasteiger partial charge is 0.316 e. The topological polar surface area (TPSA) is 52.6 Å². The van der Waals surface area contributed by atoms with Crippen LogP contribution in [0.4, 0.5) is 0 Å². The van der Waals surface area contributed by atoms with Gasteiger partial charge in [-0.25, -0.2) is 0 Å². The Morgan fingerprint density at radius 1 is 1.11 bits per heavy atom. The third kappa shape index (κ3) is 3.81. The van der Waals surface area contributed by atoms with Gasteiger partial charge in [-0.05, 0) is 45.7 Å². The number of rotatable bonds is 3. The molecule has 0 atom stereocenters. The largest absolute Gasteiger partial charge is 0.426 e. The molecule has 1 aromatic carbocycles. The molecule has 0 N–H and O–H groups in total. The van der Waals surface area contributed by atoms with Crippen LogP contribution in [-0.2, 0) is 9.59 Å². The lowest BCUT2D eigenvalue weighted by Crippen LogP contribution is -2.25. The van der Waals surface area contributed by atoms with Crippen molar-refractivity contribution in [2.45, 2.75) is 33.6 Å². The summed E-state index contributed by atoms with van der Waals surface area (Å²) in [4.78, 5) is 23.3. The van der Waals surface area contributed by atoms with Gasteiger partial charge in [0.25, 0.3) is 0 Å². The Labute approximate surface area is 112 Å². The predicted molar refractivity (Wildman–Crippen MR) is 69.9 cm³/mol. The van der Waals surface area contributed by atoms with Crippen LogP contribution in [0.1, 0.15) is 33.6 Å². The Hall–Kier alpha value is -1.84. The Kier molecular flexibility index (Phi) is 3.60. The van der Waals surface area contributed by atoms with Gasteiger partial charge in [-0.15, -0.1) is 0 Å². The molecular formula is C15H18O4. The van der Waals surface area contributed by atoms with E-state index in [9.17, 15) is 9.59 Å². The molecule has 1 fully saturated rings. The molecule has 0 heterocycles. The molecule has 0 spiro atoms. The fourth-order valence-corrected chi connectivity index (χ4v) is 1.38. The van der Waals surface area contributed by atoms with Crippen LogP contribution >= 0.6 is 0 Å². The maximum absolute atomic E-state index is 11.8. The van der Waals surface area contributed by atoms with Crippen LogP contribution in [-0.4, -0.2) is 11.9 Å². The molecule has 0 bridgehead atoms. The lowest BCUT2D eigenvalue weighted by molar-refractivity contribution is -0.143. The SMILES string of the molecule is CC(C)(C)C(=O)Oc1cccc(OC(=O)C2CC2)c1. The molecule has 19 heavy (non-hydrogen) atoms. The first-order valence-corrected chi connectivity index (χ1v) is 6.40. The highest BCUT2D eigenvalue weighted by Gasteiger charge is 2.31. The molecular weight excluding hydrogens is 244 g/mol. The van der Waals surface area contributed by atoms with Crippen molar-refractivity contribution >= 4 is 11.9 Å². The highest BCUT2D eigenvalue weighted by atomic mass is 16.5. The van der Waals surface area contributed by atoms with Crippen molar-refractivity contribution in [3.05, 3.63) is 24.3 Å². The average molecular weight is 262 g/mol. The zero-order chi connectivity index (χ0) is 14.0. The summed E-state index contributed by atoms with van der Waals surface area (Å²) in [5.41, 5.74) is -0.569. The van der Waals surface area contributed by atoms with E-state index in [1.165, 1.54) is 0 Å². The lowest BCUT2D eigenvalue weighted by atomic mass is 9.97. The van der Waals surface area contributed by atoms with E-state index in [2.05, 4.69) is 0 Å². The van der Waals surface area contributed by atoms with Gasteiger partial charge in [-0.1, -0.05) is 6.07 Å². The van der Waals surface area contributed by atoms with Crippen molar-refractivity contribution in [1.29, 1.82) is 0 Å². The van der Waals surface area contributed by atoms with Gasteiger partial charge in [0.1, 0.15) is 11.5 Å². The van der Waals surface area contributed by atoms with E-state index >= 15 is 0 Å². The number of ether oxygens (including phenoxy) is 2. The number of esters is 2. The molecule has 0 amide bonds. The standard InChI is InChI=1S/C15H18O4/c1-15(2,3)14(17)19-12-6-4-5-11(9-12)18-13(16)10-7-8-10/h4-6,9-10H,7-8H2,1-3H3. The summed E-state index contributed by atoms with van der Waals surface area (Å²) in [6, 6.07) is 6.59. The molecule has 4 nitrogen and oxygen atoms in total. The van der Waals surface area contributed by atoms with Crippen LogP contribution in [0.5, 0.6) is 11.5 Å². The maximum Gasteiger partial charge on any atom is 0.316 e. The Bertz CT molecular complexity index is 495. The van der Waals surface area contributed by atoms with Gasteiger partial charge in [-0.2, -0.15) is 0 Å². The molecule has 0 saturated heterocycles. The van der Waals surface area contributed by atoms with Crippen LogP contribution in [0.15, 0.2) is 24.3 Å². The van der Waals surface area contributed by atoms with Crippen LogP contribution in [0.2, 0.25) is 0 Å². The number of carbonyl (C=O) groups is 2. The zero-order valence-electron chi connectivity index (χ0n) is 11.4. The Morgan fingerprint density at radius 2 is 1.68 bits per heavy atom. The number of carbonyl (C=O) groups excluding carboxylic acids is 2. The van der Waals surface area contributed by atoms with E-state index in [0.29, 0.717) is 11.5 Å². The first-order chi connectivity index (χ1) is 8.86. The van der Waals surface area contributed by atoms with Crippen molar-refractivity contribution in [2.24, 2.45) is 11.3 Å². The summed E-state index contributed by atoms with van der Waals surface area (Å²) < 4.78 is 10.5. The summed E-state index contributed by atoms with van der Waals surface area (Å²) >= 11 is 0. The summed E-state index contributed by atoms with van der Waals surface area (Å²) in [5, 5.41) is 0. The van der Waals surface area contributed by atoms with Gasteiger partial charge in [-0.3, -0.25) is 9.59 Å². The molecule has 1 aliphatic carbocycles. The van der Waals surface area contributed by atoms with E-state index < -0.39 is 5.41 Å². The van der Waals surface area contributed by atoms with E-state index in [1.807, 2.05) is 0 Å². The van der Waals surface area contributed by atoms with E-state index in [4.69, 9.17) is 9.47 Å². The van der Waals surface area contributed by atoms with Crippen LogP contribution in [0, 0.1) is 11.3 Å². The van der Waals surface area contributed by atoms with Gasteiger partial charge >= 0.3 is 11.9 Å². The third-order valence-electron chi connectivity index (χ3n) is 2.76. The molecule has 0 radical (unpaired) electrons. The fourth-order valence-electron chi connectivity index (χ4n) is 1.38. The predicted octanol–water partition coefficient (Wildman–Crippen LogP) is 2.95. The fraction of sp³-hybridized carbons (Fsp3) is 0.467. The average Bonchev–Trinajstić information content (AvgIpc) is 3.11. The third-order valence-corrected chi connectivity index (χ3v) is 2.76. The quantitative estimate of drug-likeness (QED) is 0.620. The summed E-state index contributed by atoms with van der Waals surface area (Å²) in [6.45, 7) is 5.35. The van der Waals surface area contributed by atoms with Crippen molar-refractivity contribution in [3.63, 3.8) is 0 Å². The van der Waals surface area contributed by atoms with Crippen molar-refractivity contribution in [2.75, 3.05) is 0 Å². The minimum atomic E-state index is -0.569. The van der Waals surface area contributed by atoms with Crippen LogP contribution < -0.4 is 9.47 Å². The van der Waals surface area contributed by atoms with Gasteiger partial charge in [0.15, 0.2) is 0 Å². The lowest BCUT2D eigenvalue weighted by Gasteiger charge is -2.16. The second kappa shape index (κ2) is 5.03. The van der Waals surface area contributed by atoms with E-state index in [1.54, 1.807) is 45.0 Å². The minimum absolute atomic E-state index is 0.0424. The highest BCUT2D eigenvalue weighted by Crippen LogP contribution is 2.31. The second-order valence-corrected chi connectivity index (χ2v) is 5.81. The van der Waals surface area contributed by atoms with Crippen molar-refractivity contribution < 1.29 is 19.1 Å². The number of hydrogen-bond donors (Lipinski definition) is 0. The summed E-state index contributed by atoms with van der Waals surface area (Å²) in [7, 11) is 0. The first kappa shape index (κ1) is 13.6. The van der Waals surface area contributed by atoms with Crippen molar-refractivity contribution in [3.8, 4) is 11.5 Å². The number of benzene rings is 1. The second-order valence-electron chi connectivity index (χ2n) is 5.81. The molecule has 1 saturated carbocycles. The van der Waals surface area contributed by atoms with Gasteiger partial charge in [0.2, 0.25) is 0 Å². The van der Waals surface area contributed by atoms with Crippen molar-refractivity contribution in [1.82, 2.24) is 0 Å². The Balaban J connectivity index is 2.02. The molecule has 1 aromatic rings. The normalized spacial score (nSPS) is 14.9. The molecule has 0 aliphatic heterocycles. The molecule has 0 aromatic heterocycles. The molecule has 102 valence electrons. The van der Waals surface area contributed by atoms with Crippen LogP contribution in [0.3, 0.4) is 0 Å². The zero-order valence-corrected chi connectivity index (χ0v) is 11.4. The first-order valence-electron chi connectivity index (χ1n) is 6.40. The summed E-state index contributed by atoms with van der Waals surface area (Å²) in [6.07, 6.45) is 1.80. The van der Waals surface area contributed by atoms with Crippen LogP contribution in [0.25, 0.3) is 0 Å². The molecule has 0 unspecified atom stereocenters. The molecule has 4 heteroatoms. The summed E-state index contributed by atoms with van der Waals surface area (Å²) in [5.74, 6) is 0.315. The number of hydrogen-bond acceptors (Lipinski definition) is 4. The monoisotopic (exact) mass is 262 g/mol. The van der Waals surface area contributed by atoms with Gasteiger partial charge in [0, 0.05) is 6.07 Å². The van der Waals surface area contributed by atoms with Gasteiger partial charge in [0.05, 0.1) is 11.3 Å². The van der Waals surface area contributed by atoms with Gasteiger partial charge < -0.3 is 9.47 Å². The minimum Gasteiger partial charge on any atom is -0.426 e. The Morgan fingerprint density at radius 3 is 2.21 bits per heavy atom. The van der Waals surface area contributed by atoms with E-state index in [0.717, 1.165) is 12.8 Å². The maximum atomic E-state index is 11.8. The molecule has 1 aliphatic rings.